The molecule has 200 valence electrons. The van der Waals surface area contributed by atoms with Crippen LogP contribution in [-0.2, 0) is 20.1 Å². The van der Waals surface area contributed by atoms with E-state index in [-0.39, 0.29) is 29.7 Å². The van der Waals surface area contributed by atoms with Gasteiger partial charge in [0.1, 0.15) is 11.1 Å². The Hall–Kier alpha value is -5.25. The number of nitrogens with zero attached hydrogens (tertiary/aromatic N) is 5. The monoisotopic (exact) mass is 535 g/mol. The molecule has 3 heterocycles. The van der Waals surface area contributed by atoms with Crippen molar-refractivity contribution < 1.29 is 14.4 Å². The maximum atomic E-state index is 13.7. The largest absolute Gasteiger partial charge is 0.478 e. The molecule has 0 aliphatic carbocycles. The highest BCUT2D eigenvalue weighted by molar-refractivity contribution is 5.94. The van der Waals surface area contributed by atoms with Crippen molar-refractivity contribution in [1.29, 1.82) is 0 Å². The normalized spacial score (nSPS) is 11.5. The highest BCUT2D eigenvalue weighted by atomic mass is 16.5. The van der Waals surface area contributed by atoms with E-state index in [1.807, 2.05) is 42.5 Å². The number of hydrogen-bond acceptors (Lipinski definition) is 6. The first-order valence-corrected chi connectivity index (χ1v) is 12.7. The zero-order valence-electron chi connectivity index (χ0n) is 22.1. The summed E-state index contributed by atoms with van der Waals surface area (Å²) in [6.07, 6.45) is 0. The third-order valence-electron chi connectivity index (χ3n) is 7.31. The van der Waals surface area contributed by atoms with Crippen molar-refractivity contribution in [2.24, 2.45) is 7.05 Å². The van der Waals surface area contributed by atoms with Gasteiger partial charge in [-0.1, -0.05) is 59.8 Å². The third-order valence-corrected chi connectivity index (χ3v) is 7.31. The van der Waals surface area contributed by atoms with Crippen LogP contribution in [0.3, 0.4) is 0 Å². The van der Waals surface area contributed by atoms with Crippen LogP contribution in [0.5, 0.6) is 0 Å². The molecule has 6 aromatic rings. The summed E-state index contributed by atoms with van der Waals surface area (Å²) >= 11 is 0. The van der Waals surface area contributed by atoms with Crippen molar-refractivity contribution in [3.05, 3.63) is 116 Å². The molecule has 3 aromatic heterocycles. The minimum absolute atomic E-state index is 0.0735. The molecule has 0 aliphatic heterocycles. The second kappa shape index (κ2) is 9.49. The molecular weight excluding hydrogens is 510 g/mol. The van der Waals surface area contributed by atoms with Gasteiger partial charge in [-0.2, -0.15) is 5.10 Å². The molecule has 40 heavy (non-hydrogen) atoms. The van der Waals surface area contributed by atoms with E-state index in [1.165, 1.54) is 23.7 Å². The van der Waals surface area contributed by atoms with Crippen LogP contribution >= 0.6 is 0 Å². The van der Waals surface area contributed by atoms with Crippen molar-refractivity contribution in [2.75, 3.05) is 0 Å². The van der Waals surface area contributed by atoms with Gasteiger partial charge >= 0.3 is 11.7 Å². The Morgan fingerprint density at radius 2 is 1.73 bits per heavy atom. The fourth-order valence-electron chi connectivity index (χ4n) is 5.19. The number of carboxylic acid groups (broad SMARTS) is 1. The lowest BCUT2D eigenvalue weighted by molar-refractivity contribution is 0.0697. The summed E-state index contributed by atoms with van der Waals surface area (Å²) in [6.45, 7) is 3.94. The number of benzene rings is 3. The third kappa shape index (κ3) is 4.01. The average molecular weight is 536 g/mol. The predicted molar refractivity (Wildman–Crippen MR) is 150 cm³/mol. The molecule has 0 aliphatic rings. The first kappa shape index (κ1) is 25.1. The molecule has 10 heteroatoms. The summed E-state index contributed by atoms with van der Waals surface area (Å²) in [5.74, 6) is -0.523. The molecule has 0 atom stereocenters. The van der Waals surface area contributed by atoms with Crippen molar-refractivity contribution in [3.63, 3.8) is 0 Å². The lowest BCUT2D eigenvalue weighted by Gasteiger charge is -2.11. The number of aromatic carboxylic acids is 1. The molecule has 1 N–H and O–H groups in total. The van der Waals surface area contributed by atoms with Crippen LogP contribution < -0.4 is 11.2 Å². The van der Waals surface area contributed by atoms with Crippen LogP contribution in [0.2, 0.25) is 0 Å². The summed E-state index contributed by atoms with van der Waals surface area (Å²) in [5, 5.41) is 20.8. The molecule has 3 aromatic carbocycles. The van der Waals surface area contributed by atoms with Gasteiger partial charge in [0.05, 0.1) is 30.0 Å². The fourth-order valence-corrected chi connectivity index (χ4v) is 5.19. The molecule has 0 saturated carbocycles. The minimum Gasteiger partial charge on any atom is -0.478 e. The number of carboxylic acids is 1. The molecule has 0 saturated heterocycles. The van der Waals surface area contributed by atoms with E-state index in [0.717, 1.165) is 26.5 Å². The van der Waals surface area contributed by atoms with Crippen LogP contribution in [0, 0.1) is 13.8 Å². The van der Waals surface area contributed by atoms with Crippen molar-refractivity contribution in [1.82, 2.24) is 24.1 Å². The van der Waals surface area contributed by atoms with Crippen LogP contribution in [0.4, 0.5) is 0 Å². The first-order chi connectivity index (χ1) is 19.2. The molecule has 0 bridgehead atoms. The van der Waals surface area contributed by atoms with E-state index >= 15 is 0 Å². The predicted octanol–water partition coefficient (Wildman–Crippen LogP) is 4.12. The number of hydrogen-bond donors (Lipinski definition) is 1. The Morgan fingerprint density at radius 3 is 2.48 bits per heavy atom. The smallest absolute Gasteiger partial charge is 0.335 e. The van der Waals surface area contributed by atoms with Gasteiger partial charge in [0, 0.05) is 18.2 Å². The zero-order valence-corrected chi connectivity index (χ0v) is 22.1. The highest BCUT2D eigenvalue weighted by Gasteiger charge is 2.24. The first-order valence-electron chi connectivity index (χ1n) is 12.7. The minimum atomic E-state index is -1.09. The summed E-state index contributed by atoms with van der Waals surface area (Å²) in [4.78, 5) is 38.9. The number of fused-ring (bicyclic) bond motifs is 2. The molecular formula is C30H25N5O5. The van der Waals surface area contributed by atoms with Crippen LogP contribution in [-0.4, -0.2) is 35.1 Å². The molecule has 0 radical (unpaired) electrons. The molecule has 10 nitrogen and oxygen atoms in total. The van der Waals surface area contributed by atoms with Crippen molar-refractivity contribution >= 4 is 27.8 Å². The molecule has 0 amide bonds. The number of aromatic nitrogens is 5. The van der Waals surface area contributed by atoms with E-state index < -0.39 is 17.2 Å². The zero-order chi connectivity index (χ0) is 28.1. The SMILES string of the molecule is Cc1noc(C)c1Cn1c(=O)n(C)c(=O)c2c(-c3cccc(C(=O)O)c3)n(Cc3cccc4ccccc34)nc21. The maximum Gasteiger partial charge on any atom is 0.335 e. The Balaban J connectivity index is 1.67. The Morgan fingerprint density at radius 1 is 0.975 bits per heavy atom. The van der Waals surface area contributed by atoms with Crippen LogP contribution in [0.15, 0.2) is 80.8 Å². The highest BCUT2D eigenvalue weighted by Crippen LogP contribution is 2.30. The topological polar surface area (TPSA) is 125 Å². The Labute approximate surface area is 227 Å². The maximum absolute atomic E-state index is 13.7. The van der Waals surface area contributed by atoms with Gasteiger partial charge in [-0.05, 0) is 42.3 Å². The van der Waals surface area contributed by atoms with Crippen LogP contribution in [0.25, 0.3) is 33.1 Å². The van der Waals surface area contributed by atoms with Gasteiger partial charge in [-0.25, -0.2) is 9.59 Å². The second-order valence-corrected chi connectivity index (χ2v) is 9.76. The number of carbonyl (C=O) groups is 1. The van der Waals surface area contributed by atoms with Gasteiger partial charge in [-0.15, -0.1) is 0 Å². The lowest BCUT2D eigenvalue weighted by Crippen LogP contribution is -2.38. The molecule has 0 spiro atoms. The van der Waals surface area contributed by atoms with Gasteiger partial charge in [-0.3, -0.25) is 18.6 Å². The van der Waals surface area contributed by atoms with E-state index in [2.05, 4.69) is 5.16 Å². The number of aryl methyl sites for hydroxylation is 2. The molecule has 0 fully saturated rings. The van der Waals surface area contributed by atoms with Gasteiger partial charge in [0.15, 0.2) is 5.65 Å². The van der Waals surface area contributed by atoms with E-state index in [4.69, 9.17) is 9.62 Å². The molecule has 0 unspecified atom stereocenters. The van der Waals surface area contributed by atoms with Crippen molar-refractivity contribution in [3.8, 4) is 11.3 Å². The summed E-state index contributed by atoms with van der Waals surface area (Å²) in [6, 6.07) is 20.3. The van der Waals surface area contributed by atoms with E-state index in [1.54, 1.807) is 30.7 Å². The van der Waals surface area contributed by atoms with Gasteiger partial charge in [0.25, 0.3) is 5.56 Å². The standard InChI is InChI=1S/C30H25N5O5/c1-17-24(18(2)40-32-17)16-34-27-25(28(36)33(3)30(34)39)26(20-10-7-11-21(14-20)29(37)38)35(31-27)15-22-12-6-9-19-8-4-5-13-23(19)22/h4-14H,15-16H2,1-3H3,(H,37,38). The molecule has 6 rings (SSSR count). The fraction of sp³-hybridized carbons (Fsp3) is 0.167. The Bertz CT molecular complexity index is 2050. The lowest BCUT2D eigenvalue weighted by atomic mass is 10.0. The second-order valence-electron chi connectivity index (χ2n) is 9.76. The summed E-state index contributed by atoms with van der Waals surface area (Å²) in [7, 11) is 1.42. The van der Waals surface area contributed by atoms with E-state index in [0.29, 0.717) is 22.7 Å². The summed E-state index contributed by atoms with van der Waals surface area (Å²) < 4.78 is 9.48. The van der Waals surface area contributed by atoms with Gasteiger partial charge < -0.3 is 9.63 Å². The van der Waals surface area contributed by atoms with Crippen LogP contribution in [0.1, 0.15) is 32.9 Å². The number of rotatable bonds is 6. The van der Waals surface area contributed by atoms with E-state index in [9.17, 15) is 19.5 Å². The summed E-state index contributed by atoms with van der Waals surface area (Å²) in [5.41, 5.74) is 2.47. The Kier molecular flexibility index (Phi) is 5.95. The van der Waals surface area contributed by atoms with Gasteiger partial charge in [0.2, 0.25) is 0 Å². The quantitative estimate of drug-likeness (QED) is 0.340. The van der Waals surface area contributed by atoms with Crippen molar-refractivity contribution in [2.45, 2.75) is 26.9 Å². The average Bonchev–Trinajstić information content (AvgIpc) is 3.49.